The van der Waals surface area contributed by atoms with Crippen LogP contribution in [0.1, 0.15) is 6.92 Å². The molecule has 2 atom stereocenters. The molecule has 1 saturated heterocycles. The molecule has 0 bridgehead atoms. The van der Waals surface area contributed by atoms with Crippen LogP contribution < -0.4 is 0 Å². The molecule has 0 spiro atoms. The van der Waals surface area contributed by atoms with Crippen LogP contribution in [0.15, 0.2) is 0 Å². The molecule has 1 aliphatic heterocycles. The summed E-state index contributed by atoms with van der Waals surface area (Å²) in [5.74, 6) is 0. The summed E-state index contributed by atoms with van der Waals surface area (Å²) >= 11 is -2.41. The average Bonchev–Trinajstić information content (AvgIpc) is 2.04. The summed E-state index contributed by atoms with van der Waals surface area (Å²) in [4.78, 5) is 2.13. The second-order valence-corrected chi connectivity index (χ2v) is 3.62. The predicted molar refractivity (Wildman–Crippen MR) is 46.7 cm³/mol. The topological polar surface area (TPSA) is 61.8 Å². The van der Waals surface area contributed by atoms with Crippen molar-refractivity contribution in [2.45, 2.75) is 13.0 Å². The molecule has 0 radical (unpaired) electrons. The Morgan fingerprint density at radius 3 is 2.77 bits per heavy atom. The largest absolute Gasteiger partial charge is 0.750 e. The first kappa shape index (κ1) is 11.1. The zero-order valence-corrected chi connectivity index (χ0v) is 8.42. The molecule has 2 unspecified atom stereocenters. The zero-order valence-electron chi connectivity index (χ0n) is 7.60. The molecule has 5 nitrogen and oxygen atoms in total. The van der Waals surface area contributed by atoms with E-state index in [2.05, 4.69) is 9.08 Å². The average molecular weight is 208 g/mol. The van der Waals surface area contributed by atoms with E-state index in [4.69, 9.17) is 4.74 Å². The highest BCUT2D eigenvalue weighted by Crippen LogP contribution is 2.01. The standard InChI is InChI=1S/C7H15NO4S/c1-7(12-13(9)10)6-8-2-4-11-5-3-8/h7H,2-6H2,1H3,(H,9,10)/p-1. The Hall–Kier alpha value is -0.0100. The third-order valence-electron chi connectivity index (χ3n) is 1.86. The Balaban J connectivity index is 2.18. The molecule has 1 fully saturated rings. The minimum Gasteiger partial charge on any atom is -0.750 e. The van der Waals surface area contributed by atoms with Crippen molar-refractivity contribution in [2.24, 2.45) is 0 Å². The minimum atomic E-state index is -2.41. The molecule has 0 aliphatic carbocycles. The van der Waals surface area contributed by atoms with Crippen molar-refractivity contribution in [1.82, 2.24) is 4.90 Å². The van der Waals surface area contributed by atoms with Crippen molar-refractivity contribution in [3.8, 4) is 0 Å². The Labute approximate surface area is 80.5 Å². The lowest BCUT2D eigenvalue weighted by Gasteiger charge is -2.28. The lowest BCUT2D eigenvalue weighted by Crippen LogP contribution is -2.40. The van der Waals surface area contributed by atoms with Crippen LogP contribution in [0.3, 0.4) is 0 Å². The minimum absolute atomic E-state index is 0.281. The fourth-order valence-corrected chi connectivity index (χ4v) is 1.64. The second kappa shape index (κ2) is 5.66. The molecule has 0 aromatic rings. The molecule has 0 aromatic heterocycles. The van der Waals surface area contributed by atoms with Gasteiger partial charge in [-0.3, -0.25) is 9.08 Å². The van der Waals surface area contributed by atoms with Gasteiger partial charge in [0.05, 0.1) is 30.7 Å². The van der Waals surface area contributed by atoms with Crippen molar-refractivity contribution in [3.63, 3.8) is 0 Å². The van der Waals surface area contributed by atoms with Crippen molar-refractivity contribution in [2.75, 3.05) is 32.8 Å². The second-order valence-electron chi connectivity index (χ2n) is 3.02. The van der Waals surface area contributed by atoms with Gasteiger partial charge in [-0.15, -0.1) is 0 Å². The summed E-state index contributed by atoms with van der Waals surface area (Å²) in [5, 5.41) is 0. The van der Waals surface area contributed by atoms with Crippen LogP contribution in [0.2, 0.25) is 0 Å². The molecule has 0 N–H and O–H groups in total. The quantitative estimate of drug-likeness (QED) is 0.584. The summed E-state index contributed by atoms with van der Waals surface area (Å²) in [6, 6.07) is 0. The molecule has 1 aliphatic rings. The lowest BCUT2D eigenvalue weighted by molar-refractivity contribution is 0.0224. The number of nitrogens with zero attached hydrogens (tertiary/aromatic N) is 1. The fraction of sp³-hybridized carbons (Fsp3) is 1.00. The number of rotatable bonds is 4. The van der Waals surface area contributed by atoms with Crippen LogP contribution in [-0.2, 0) is 20.3 Å². The number of hydrogen-bond acceptors (Lipinski definition) is 5. The highest BCUT2D eigenvalue weighted by molar-refractivity contribution is 7.74. The number of hydrogen-bond donors (Lipinski definition) is 0. The summed E-state index contributed by atoms with van der Waals surface area (Å²) in [6.07, 6.45) is -0.281. The molecule has 1 heterocycles. The van der Waals surface area contributed by atoms with Crippen molar-refractivity contribution < 1.29 is 17.7 Å². The normalized spacial score (nSPS) is 24.2. The van der Waals surface area contributed by atoms with Gasteiger partial charge in [0.2, 0.25) is 0 Å². The van der Waals surface area contributed by atoms with E-state index in [-0.39, 0.29) is 6.10 Å². The van der Waals surface area contributed by atoms with Gasteiger partial charge in [0.15, 0.2) is 0 Å². The van der Waals surface area contributed by atoms with Crippen molar-refractivity contribution in [3.05, 3.63) is 0 Å². The van der Waals surface area contributed by atoms with Gasteiger partial charge in [-0.1, -0.05) is 0 Å². The van der Waals surface area contributed by atoms with Gasteiger partial charge in [0, 0.05) is 19.6 Å². The van der Waals surface area contributed by atoms with Crippen molar-refractivity contribution >= 4 is 11.4 Å². The van der Waals surface area contributed by atoms with Gasteiger partial charge in [0.25, 0.3) is 0 Å². The monoisotopic (exact) mass is 208 g/mol. The van der Waals surface area contributed by atoms with Crippen molar-refractivity contribution in [1.29, 1.82) is 0 Å². The highest BCUT2D eigenvalue weighted by atomic mass is 32.2. The van der Waals surface area contributed by atoms with E-state index < -0.39 is 11.4 Å². The molecule has 0 amide bonds. The van der Waals surface area contributed by atoms with E-state index in [9.17, 15) is 8.76 Å². The summed E-state index contributed by atoms with van der Waals surface area (Å²) < 4.78 is 30.1. The first-order chi connectivity index (χ1) is 6.18. The number of ether oxygens (including phenoxy) is 1. The Kier molecular flexibility index (Phi) is 4.82. The molecule has 0 aromatic carbocycles. The predicted octanol–water partition coefficient (Wildman–Crippen LogP) is -0.482. The SMILES string of the molecule is CC(CN1CCOCC1)OS(=O)[O-]. The molecule has 13 heavy (non-hydrogen) atoms. The maximum Gasteiger partial charge on any atom is 0.0845 e. The van der Waals surface area contributed by atoms with Gasteiger partial charge in [-0.2, -0.15) is 0 Å². The van der Waals surface area contributed by atoms with Gasteiger partial charge < -0.3 is 9.29 Å². The third-order valence-corrected chi connectivity index (χ3v) is 2.35. The van der Waals surface area contributed by atoms with Gasteiger partial charge in [-0.05, 0) is 6.92 Å². The maximum absolute atomic E-state index is 10.2. The summed E-state index contributed by atoms with van der Waals surface area (Å²) in [7, 11) is 0. The van der Waals surface area contributed by atoms with E-state index in [1.54, 1.807) is 6.92 Å². The van der Waals surface area contributed by atoms with Crippen LogP contribution >= 0.6 is 0 Å². The molecule has 0 saturated carbocycles. The Morgan fingerprint density at radius 2 is 2.23 bits per heavy atom. The molecule has 1 rings (SSSR count). The van der Waals surface area contributed by atoms with Crippen LogP contribution in [-0.4, -0.2) is 52.6 Å². The van der Waals surface area contributed by atoms with E-state index in [0.29, 0.717) is 19.8 Å². The van der Waals surface area contributed by atoms with Crippen LogP contribution in [0.25, 0.3) is 0 Å². The van der Waals surface area contributed by atoms with Gasteiger partial charge >= 0.3 is 0 Å². The van der Waals surface area contributed by atoms with E-state index in [1.807, 2.05) is 0 Å². The molecular weight excluding hydrogens is 194 g/mol. The van der Waals surface area contributed by atoms with E-state index in [1.165, 1.54) is 0 Å². The summed E-state index contributed by atoms with van der Waals surface area (Å²) in [5.41, 5.74) is 0. The van der Waals surface area contributed by atoms with Crippen LogP contribution in [0, 0.1) is 0 Å². The molecule has 6 heteroatoms. The summed E-state index contributed by atoms with van der Waals surface area (Å²) in [6.45, 7) is 5.50. The zero-order chi connectivity index (χ0) is 9.68. The lowest BCUT2D eigenvalue weighted by atomic mass is 10.3. The van der Waals surface area contributed by atoms with Gasteiger partial charge in [-0.25, -0.2) is 4.21 Å². The number of morpholine rings is 1. The fourth-order valence-electron chi connectivity index (χ4n) is 1.31. The van der Waals surface area contributed by atoms with Gasteiger partial charge in [0.1, 0.15) is 0 Å². The van der Waals surface area contributed by atoms with E-state index >= 15 is 0 Å². The third kappa shape index (κ3) is 4.68. The Bertz CT molecular complexity index is 172. The highest BCUT2D eigenvalue weighted by Gasteiger charge is 2.13. The van der Waals surface area contributed by atoms with Crippen LogP contribution in [0.4, 0.5) is 0 Å². The molecule has 78 valence electrons. The molecular formula is C7H14NO4S-. The van der Waals surface area contributed by atoms with E-state index in [0.717, 1.165) is 13.1 Å². The first-order valence-electron chi connectivity index (χ1n) is 4.25. The maximum atomic E-state index is 10.2. The smallest absolute Gasteiger partial charge is 0.0845 e. The first-order valence-corrected chi connectivity index (χ1v) is 5.25. The Morgan fingerprint density at radius 1 is 1.62 bits per heavy atom. The van der Waals surface area contributed by atoms with Crippen LogP contribution in [0.5, 0.6) is 0 Å².